The Morgan fingerprint density at radius 1 is 0.933 bits per heavy atom. The average molecular weight is 414 g/mol. The summed E-state index contributed by atoms with van der Waals surface area (Å²) >= 11 is 0. The molecule has 0 spiro atoms. The number of oxazole rings is 1. The molecule has 162 valence electrons. The quantitative estimate of drug-likeness (QED) is 0.755. The first kappa shape index (κ1) is 20.7. The van der Waals surface area contributed by atoms with E-state index in [0.29, 0.717) is 38.1 Å². The molecule has 0 saturated carbocycles. The van der Waals surface area contributed by atoms with Crippen LogP contribution in [0, 0.1) is 5.92 Å². The third kappa shape index (κ3) is 4.60. The zero-order chi connectivity index (χ0) is 20.9. The van der Waals surface area contributed by atoms with Crippen LogP contribution in [-0.2, 0) is 16.1 Å². The number of rotatable bonds is 5. The van der Waals surface area contributed by atoms with E-state index in [9.17, 15) is 14.4 Å². The summed E-state index contributed by atoms with van der Waals surface area (Å²) in [6.45, 7) is 3.54. The maximum Gasteiger partial charge on any atom is 0.419 e. The highest BCUT2D eigenvalue weighted by molar-refractivity contribution is 5.80. The molecule has 2 fully saturated rings. The summed E-state index contributed by atoms with van der Waals surface area (Å²) in [7, 11) is 0. The van der Waals surface area contributed by atoms with Gasteiger partial charge in [-0.3, -0.25) is 14.2 Å². The summed E-state index contributed by atoms with van der Waals surface area (Å²) in [5, 5.41) is 0. The van der Waals surface area contributed by atoms with Crippen molar-refractivity contribution in [3.63, 3.8) is 0 Å². The number of fused-ring (bicyclic) bond motifs is 1. The number of carbonyl (C=O) groups is 2. The van der Waals surface area contributed by atoms with Gasteiger partial charge in [-0.05, 0) is 44.2 Å². The summed E-state index contributed by atoms with van der Waals surface area (Å²) < 4.78 is 6.83. The van der Waals surface area contributed by atoms with Crippen LogP contribution >= 0.6 is 0 Å². The van der Waals surface area contributed by atoms with Crippen LogP contribution < -0.4 is 5.76 Å². The van der Waals surface area contributed by atoms with Gasteiger partial charge in [-0.25, -0.2) is 4.79 Å². The molecule has 30 heavy (non-hydrogen) atoms. The second kappa shape index (κ2) is 9.49. The number of hydrogen-bond acceptors (Lipinski definition) is 4. The van der Waals surface area contributed by atoms with E-state index in [0.717, 1.165) is 44.3 Å². The predicted molar refractivity (Wildman–Crippen MR) is 114 cm³/mol. The maximum atomic E-state index is 12.8. The van der Waals surface area contributed by atoms with Crippen LogP contribution in [0.15, 0.2) is 33.5 Å². The molecule has 2 aliphatic heterocycles. The van der Waals surface area contributed by atoms with Crippen molar-refractivity contribution in [1.82, 2.24) is 14.4 Å². The van der Waals surface area contributed by atoms with Crippen LogP contribution in [-0.4, -0.2) is 52.4 Å². The molecule has 0 N–H and O–H groups in total. The van der Waals surface area contributed by atoms with E-state index in [1.54, 1.807) is 10.6 Å². The highest BCUT2D eigenvalue weighted by Crippen LogP contribution is 2.22. The van der Waals surface area contributed by atoms with Gasteiger partial charge < -0.3 is 14.2 Å². The number of hydrogen-bond donors (Lipinski definition) is 0. The van der Waals surface area contributed by atoms with Gasteiger partial charge in [0.05, 0.1) is 5.52 Å². The van der Waals surface area contributed by atoms with E-state index in [4.69, 9.17) is 4.42 Å². The van der Waals surface area contributed by atoms with E-state index in [2.05, 4.69) is 0 Å². The summed E-state index contributed by atoms with van der Waals surface area (Å²) in [5.41, 5.74) is 1.34. The van der Waals surface area contributed by atoms with Gasteiger partial charge in [0.25, 0.3) is 0 Å². The number of aryl methyl sites for hydroxylation is 1. The third-order valence-corrected chi connectivity index (χ3v) is 6.46. The van der Waals surface area contributed by atoms with Crippen LogP contribution in [0.2, 0.25) is 0 Å². The summed E-state index contributed by atoms with van der Waals surface area (Å²) in [4.78, 5) is 41.4. The minimum atomic E-state index is -0.378. The standard InChI is InChI=1S/C23H31N3O4/c27-21(10-7-15-26-19-8-3-4-9-20(19)30-23(26)29)24-16-11-18(12-17-24)22(28)25-13-5-1-2-6-14-25/h3-4,8-9,18H,1-2,5-7,10-17H2. The molecule has 4 rings (SSSR count). The maximum absolute atomic E-state index is 12.8. The average Bonchev–Trinajstić information content (AvgIpc) is 2.94. The Hall–Kier alpha value is -2.57. The van der Waals surface area contributed by atoms with E-state index < -0.39 is 0 Å². The molecule has 1 aromatic carbocycles. The van der Waals surface area contributed by atoms with Gasteiger partial charge in [0.1, 0.15) is 0 Å². The molecular weight excluding hydrogens is 382 g/mol. The Bertz CT molecular complexity index is 931. The van der Waals surface area contributed by atoms with Crippen LogP contribution in [0.1, 0.15) is 51.4 Å². The van der Waals surface area contributed by atoms with Crippen LogP contribution in [0.5, 0.6) is 0 Å². The molecule has 3 heterocycles. The lowest BCUT2D eigenvalue weighted by molar-refractivity contribution is -0.140. The first-order valence-electron chi connectivity index (χ1n) is 11.3. The molecule has 7 nitrogen and oxygen atoms in total. The van der Waals surface area contributed by atoms with Crippen molar-refractivity contribution in [3.8, 4) is 0 Å². The van der Waals surface area contributed by atoms with Gasteiger partial charge in [-0.1, -0.05) is 25.0 Å². The molecule has 0 atom stereocenters. The van der Waals surface area contributed by atoms with Crippen molar-refractivity contribution in [3.05, 3.63) is 34.8 Å². The molecule has 2 aliphatic rings. The molecule has 2 amide bonds. The van der Waals surface area contributed by atoms with Gasteiger partial charge in [-0.2, -0.15) is 0 Å². The number of amides is 2. The summed E-state index contributed by atoms with van der Waals surface area (Å²) in [5.74, 6) is 0.0752. The first-order valence-corrected chi connectivity index (χ1v) is 11.3. The van der Waals surface area contributed by atoms with Gasteiger partial charge in [0, 0.05) is 45.1 Å². The van der Waals surface area contributed by atoms with E-state index in [1.165, 1.54) is 12.8 Å². The number of benzene rings is 1. The fraction of sp³-hybridized carbons (Fsp3) is 0.609. The van der Waals surface area contributed by atoms with Crippen LogP contribution in [0.4, 0.5) is 0 Å². The Morgan fingerprint density at radius 2 is 1.63 bits per heavy atom. The van der Waals surface area contributed by atoms with Gasteiger partial charge >= 0.3 is 5.76 Å². The topological polar surface area (TPSA) is 75.8 Å². The van der Waals surface area contributed by atoms with Crippen LogP contribution in [0.25, 0.3) is 11.1 Å². The monoisotopic (exact) mass is 413 g/mol. The number of piperidine rings is 1. The summed E-state index contributed by atoms with van der Waals surface area (Å²) in [6.07, 6.45) is 7.16. The number of carbonyl (C=O) groups excluding carboxylic acids is 2. The lowest BCUT2D eigenvalue weighted by atomic mass is 9.95. The minimum absolute atomic E-state index is 0.0584. The van der Waals surface area contributed by atoms with Crippen molar-refractivity contribution in [2.75, 3.05) is 26.2 Å². The Morgan fingerprint density at radius 3 is 2.37 bits per heavy atom. The fourth-order valence-corrected chi connectivity index (χ4v) is 4.70. The first-order chi connectivity index (χ1) is 14.6. The number of aromatic nitrogens is 1. The molecule has 2 saturated heterocycles. The van der Waals surface area contributed by atoms with Gasteiger partial charge in [-0.15, -0.1) is 0 Å². The van der Waals surface area contributed by atoms with Gasteiger partial charge in [0.2, 0.25) is 11.8 Å². The van der Waals surface area contributed by atoms with E-state index in [1.807, 2.05) is 28.0 Å². The minimum Gasteiger partial charge on any atom is -0.408 e. The number of nitrogens with zero attached hydrogens (tertiary/aromatic N) is 3. The lowest BCUT2D eigenvalue weighted by Gasteiger charge is -2.34. The molecule has 7 heteroatoms. The Balaban J connectivity index is 1.24. The predicted octanol–water partition coefficient (Wildman–Crippen LogP) is 3.02. The fourth-order valence-electron chi connectivity index (χ4n) is 4.70. The second-order valence-corrected chi connectivity index (χ2v) is 8.49. The number of para-hydroxylation sites is 2. The normalized spacial score (nSPS) is 18.5. The molecule has 0 aliphatic carbocycles. The second-order valence-electron chi connectivity index (χ2n) is 8.49. The zero-order valence-corrected chi connectivity index (χ0v) is 17.6. The smallest absolute Gasteiger partial charge is 0.408 e. The van der Waals surface area contributed by atoms with Crippen molar-refractivity contribution in [2.45, 2.75) is 57.9 Å². The number of likely N-dealkylation sites (tertiary alicyclic amines) is 2. The highest BCUT2D eigenvalue weighted by Gasteiger charge is 2.30. The molecule has 0 radical (unpaired) electrons. The van der Waals surface area contributed by atoms with E-state index in [-0.39, 0.29) is 23.5 Å². The molecule has 2 aromatic rings. The Labute approximate surface area is 176 Å². The van der Waals surface area contributed by atoms with Crippen molar-refractivity contribution in [2.24, 2.45) is 5.92 Å². The van der Waals surface area contributed by atoms with E-state index >= 15 is 0 Å². The molecule has 0 bridgehead atoms. The van der Waals surface area contributed by atoms with Crippen molar-refractivity contribution < 1.29 is 14.0 Å². The molecular formula is C23H31N3O4. The largest absolute Gasteiger partial charge is 0.419 e. The van der Waals surface area contributed by atoms with Crippen LogP contribution in [0.3, 0.4) is 0 Å². The molecule has 1 aromatic heterocycles. The van der Waals surface area contributed by atoms with Gasteiger partial charge in [0.15, 0.2) is 5.58 Å². The molecule has 0 unspecified atom stereocenters. The zero-order valence-electron chi connectivity index (χ0n) is 17.6. The summed E-state index contributed by atoms with van der Waals surface area (Å²) in [6, 6.07) is 7.33. The third-order valence-electron chi connectivity index (χ3n) is 6.46. The van der Waals surface area contributed by atoms with Crippen molar-refractivity contribution in [1.29, 1.82) is 0 Å². The van der Waals surface area contributed by atoms with Crippen molar-refractivity contribution >= 4 is 22.9 Å². The Kier molecular flexibility index (Phi) is 6.55. The lowest BCUT2D eigenvalue weighted by Crippen LogP contribution is -2.44. The SMILES string of the molecule is O=C(CCCn1c(=O)oc2ccccc21)N1CCC(C(=O)N2CCCCCC2)CC1. The highest BCUT2D eigenvalue weighted by atomic mass is 16.4.